The van der Waals surface area contributed by atoms with Crippen molar-refractivity contribution in [1.82, 2.24) is 14.8 Å². The molecule has 1 saturated heterocycles. The van der Waals surface area contributed by atoms with Crippen molar-refractivity contribution >= 4 is 11.6 Å². The molecule has 3 N–H and O–H groups in total. The number of nitrogens with zero attached hydrogens (tertiary/aromatic N) is 2. The molecule has 1 aliphatic carbocycles. The molecule has 1 atom stereocenters. The molecule has 0 spiro atoms. The van der Waals surface area contributed by atoms with E-state index in [1.165, 1.54) is 25.9 Å². The number of nitrogens with one attached hydrogen (secondary N) is 1. The van der Waals surface area contributed by atoms with Gasteiger partial charge in [-0.25, -0.2) is 0 Å². The van der Waals surface area contributed by atoms with Crippen LogP contribution in [0.5, 0.6) is 0 Å². The summed E-state index contributed by atoms with van der Waals surface area (Å²) >= 11 is 0. The summed E-state index contributed by atoms with van der Waals surface area (Å²) in [5.74, 6) is 0.487. The first kappa shape index (κ1) is 14.4. The van der Waals surface area contributed by atoms with Gasteiger partial charge in [-0.05, 0) is 50.8 Å². The number of carbonyl (C=O) groups is 1. The maximum atomic E-state index is 12.4. The highest BCUT2D eigenvalue weighted by atomic mass is 16.1. The van der Waals surface area contributed by atoms with Crippen LogP contribution in [0, 0.1) is 5.92 Å². The number of anilines is 1. The molecule has 1 aromatic heterocycles. The number of nitrogen functional groups attached to an aromatic ring is 1. The monoisotopic (exact) mass is 290 g/mol. The molecule has 0 bridgehead atoms. The minimum Gasteiger partial charge on any atom is -0.397 e. The number of amides is 1. The third kappa shape index (κ3) is 3.59. The fraction of sp³-hybridized carbons (Fsp3) is 0.688. The first-order valence-electron chi connectivity index (χ1n) is 8.11. The van der Waals surface area contributed by atoms with Gasteiger partial charge in [0, 0.05) is 25.3 Å². The highest BCUT2D eigenvalue weighted by molar-refractivity contribution is 5.93. The maximum absolute atomic E-state index is 12.4. The van der Waals surface area contributed by atoms with Gasteiger partial charge in [0.15, 0.2) is 0 Å². The van der Waals surface area contributed by atoms with Crippen molar-refractivity contribution in [1.29, 1.82) is 0 Å². The normalized spacial score (nSPS) is 20.6. The molecule has 1 unspecified atom stereocenters. The van der Waals surface area contributed by atoms with Gasteiger partial charge in [-0.1, -0.05) is 6.92 Å². The van der Waals surface area contributed by atoms with Gasteiger partial charge in [0.1, 0.15) is 5.69 Å². The first-order chi connectivity index (χ1) is 10.1. The van der Waals surface area contributed by atoms with Crippen LogP contribution < -0.4 is 11.1 Å². The molecule has 0 radical (unpaired) electrons. The number of aromatic nitrogens is 1. The van der Waals surface area contributed by atoms with Gasteiger partial charge in [0.05, 0.1) is 5.69 Å². The molecule has 2 fully saturated rings. The Labute approximate surface area is 126 Å². The van der Waals surface area contributed by atoms with Gasteiger partial charge >= 0.3 is 0 Å². The predicted octanol–water partition coefficient (Wildman–Crippen LogP) is 1.87. The Balaban J connectivity index is 1.51. The highest BCUT2D eigenvalue weighted by Gasteiger charge is 2.27. The summed E-state index contributed by atoms with van der Waals surface area (Å²) in [5.41, 5.74) is 7.23. The lowest BCUT2D eigenvalue weighted by atomic mass is 10.1. The van der Waals surface area contributed by atoms with Gasteiger partial charge in [0.2, 0.25) is 0 Å². The zero-order valence-corrected chi connectivity index (χ0v) is 12.8. The van der Waals surface area contributed by atoms with Crippen LogP contribution >= 0.6 is 0 Å². The van der Waals surface area contributed by atoms with Crippen LogP contribution in [0.4, 0.5) is 5.69 Å². The predicted molar refractivity (Wildman–Crippen MR) is 84.3 cm³/mol. The summed E-state index contributed by atoms with van der Waals surface area (Å²) in [7, 11) is 0. The summed E-state index contributed by atoms with van der Waals surface area (Å²) in [6.07, 6.45) is 6.82. The first-order valence-corrected chi connectivity index (χ1v) is 8.11. The number of carbonyl (C=O) groups excluding carboxylic acids is 1. The fourth-order valence-electron chi connectivity index (χ4n) is 3.17. The van der Waals surface area contributed by atoms with Crippen LogP contribution in [0.1, 0.15) is 49.1 Å². The summed E-state index contributed by atoms with van der Waals surface area (Å²) in [6.45, 7) is 6.42. The Morgan fingerprint density at radius 3 is 2.81 bits per heavy atom. The molecule has 2 heterocycles. The van der Waals surface area contributed by atoms with Crippen molar-refractivity contribution in [2.45, 2.75) is 38.6 Å². The van der Waals surface area contributed by atoms with Crippen LogP contribution in [0.15, 0.2) is 12.3 Å². The molecule has 1 saturated carbocycles. The molecule has 0 aromatic carbocycles. The smallest absolute Gasteiger partial charge is 0.268 e. The summed E-state index contributed by atoms with van der Waals surface area (Å²) in [6, 6.07) is 2.27. The molecular weight excluding hydrogens is 264 g/mol. The standard InChI is InChI=1S/C16H26N4O/c1-12(10-19-6-2-3-7-19)9-18-16(21)15-8-13(17)11-20(15)14-4-5-14/h8,11-12,14H,2-7,9-10,17H2,1H3,(H,18,21). The molecule has 3 rings (SSSR count). The number of likely N-dealkylation sites (tertiary alicyclic amines) is 1. The Morgan fingerprint density at radius 1 is 1.43 bits per heavy atom. The topological polar surface area (TPSA) is 63.3 Å². The second-order valence-corrected chi connectivity index (χ2v) is 6.62. The Morgan fingerprint density at radius 2 is 2.14 bits per heavy atom. The van der Waals surface area contributed by atoms with Crippen molar-refractivity contribution in [3.8, 4) is 0 Å². The summed E-state index contributed by atoms with van der Waals surface area (Å²) < 4.78 is 2.04. The second-order valence-electron chi connectivity index (χ2n) is 6.62. The highest BCUT2D eigenvalue weighted by Crippen LogP contribution is 2.37. The van der Waals surface area contributed by atoms with Crippen LogP contribution in [0.3, 0.4) is 0 Å². The molecule has 21 heavy (non-hydrogen) atoms. The minimum atomic E-state index is 0.00636. The van der Waals surface area contributed by atoms with E-state index in [1.807, 2.05) is 10.8 Å². The Kier molecular flexibility index (Phi) is 4.19. The largest absolute Gasteiger partial charge is 0.397 e. The molecule has 5 heteroatoms. The average molecular weight is 290 g/mol. The van der Waals surface area contributed by atoms with E-state index in [9.17, 15) is 4.79 Å². The zero-order chi connectivity index (χ0) is 14.8. The van der Waals surface area contributed by atoms with Crippen molar-refractivity contribution < 1.29 is 4.79 Å². The van der Waals surface area contributed by atoms with E-state index in [0.29, 0.717) is 23.3 Å². The van der Waals surface area contributed by atoms with Crippen LogP contribution in [0.2, 0.25) is 0 Å². The molecule has 1 aromatic rings. The molecule has 1 aliphatic heterocycles. The van der Waals surface area contributed by atoms with Gasteiger partial charge in [-0.15, -0.1) is 0 Å². The third-order valence-electron chi connectivity index (χ3n) is 4.42. The zero-order valence-electron chi connectivity index (χ0n) is 12.8. The molecule has 5 nitrogen and oxygen atoms in total. The average Bonchev–Trinajstić information content (AvgIpc) is 3.04. The van der Waals surface area contributed by atoms with E-state index in [0.717, 1.165) is 25.9 Å². The molecule has 2 aliphatic rings. The van der Waals surface area contributed by atoms with E-state index in [1.54, 1.807) is 6.07 Å². The van der Waals surface area contributed by atoms with Gasteiger partial charge in [0.25, 0.3) is 5.91 Å². The van der Waals surface area contributed by atoms with Crippen molar-refractivity contribution in [2.75, 3.05) is 31.9 Å². The van der Waals surface area contributed by atoms with Crippen molar-refractivity contribution in [2.24, 2.45) is 5.92 Å². The molecule has 1 amide bonds. The fourth-order valence-corrected chi connectivity index (χ4v) is 3.17. The lowest BCUT2D eigenvalue weighted by Crippen LogP contribution is -2.35. The second kappa shape index (κ2) is 6.10. The Hall–Kier alpha value is -1.49. The van der Waals surface area contributed by atoms with Gasteiger partial charge < -0.3 is 20.5 Å². The van der Waals surface area contributed by atoms with E-state index >= 15 is 0 Å². The maximum Gasteiger partial charge on any atom is 0.268 e. The van der Waals surface area contributed by atoms with Crippen LogP contribution in [-0.4, -0.2) is 41.6 Å². The van der Waals surface area contributed by atoms with Crippen molar-refractivity contribution in [3.05, 3.63) is 18.0 Å². The molecule has 116 valence electrons. The number of hydrogen-bond donors (Lipinski definition) is 2. The van der Waals surface area contributed by atoms with E-state index in [2.05, 4.69) is 17.1 Å². The summed E-state index contributed by atoms with van der Waals surface area (Å²) in [4.78, 5) is 14.8. The van der Waals surface area contributed by atoms with E-state index < -0.39 is 0 Å². The van der Waals surface area contributed by atoms with Gasteiger partial charge in [-0.2, -0.15) is 0 Å². The van der Waals surface area contributed by atoms with E-state index in [4.69, 9.17) is 5.73 Å². The number of rotatable bonds is 6. The van der Waals surface area contributed by atoms with E-state index in [-0.39, 0.29) is 5.91 Å². The minimum absolute atomic E-state index is 0.00636. The Bertz CT molecular complexity index is 500. The number of hydrogen-bond acceptors (Lipinski definition) is 3. The van der Waals surface area contributed by atoms with Crippen molar-refractivity contribution in [3.63, 3.8) is 0 Å². The summed E-state index contributed by atoms with van der Waals surface area (Å²) in [5, 5.41) is 3.07. The van der Waals surface area contributed by atoms with Crippen LogP contribution in [0.25, 0.3) is 0 Å². The lowest BCUT2D eigenvalue weighted by molar-refractivity contribution is 0.0935. The molecular formula is C16H26N4O. The quantitative estimate of drug-likeness (QED) is 0.840. The lowest BCUT2D eigenvalue weighted by Gasteiger charge is -2.20. The number of nitrogens with two attached hydrogens (primary N) is 1. The third-order valence-corrected chi connectivity index (χ3v) is 4.42. The van der Waals surface area contributed by atoms with Gasteiger partial charge in [-0.3, -0.25) is 4.79 Å². The van der Waals surface area contributed by atoms with Crippen LogP contribution in [-0.2, 0) is 0 Å². The SMILES string of the molecule is CC(CNC(=O)c1cc(N)cn1C1CC1)CN1CCCC1.